The molecule has 6 nitrogen and oxygen atoms in total. The summed E-state index contributed by atoms with van der Waals surface area (Å²) in [5, 5.41) is 11.3. The first-order valence-corrected chi connectivity index (χ1v) is 11.6. The lowest BCUT2D eigenvalue weighted by atomic mass is 9.88. The number of nitrogens with two attached hydrogens (primary N) is 1. The summed E-state index contributed by atoms with van der Waals surface area (Å²) in [5.41, 5.74) is 7.16. The molecule has 0 fully saturated rings. The molecule has 0 saturated heterocycles. The number of carbonyl (C=O) groups is 1. The molecule has 0 spiro atoms. The Morgan fingerprint density at radius 1 is 1.06 bits per heavy atom. The molecule has 0 amide bonds. The van der Waals surface area contributed by atoms with Crippen LogP contribution in [0, 0.1) is 5.82 Å². The number of halogens is 1. The monoisotopic (exact) mass is 480 g/mol. The Morgan fingerprint density at radius 3 is 2.34 bits per heavy atom. The molecule has 186 valence electrons. The van der Waals surface area contributed by atoms with Crippen molar-refractivity contribution >= 4 is 5.78 Å². The highest BCUT2D eigenvalue weighted by molar-refractivity contribution is 5.96. The predicted molar refractivity (Wildman–Crippen MR) is 134 cm³/mol. The van der Waals surface area contributed by atoms with E-state index in [4.69, 9.17) is 15.2 Å². The van der Waals surface area contributed by atoms with Crippen LogP contribution in [0.1, 0.15) is 62.2 Å². The van der Waals surface area contributed by atoms with Crippen molar-refractivity contribution in [3.05, 3.63) is 77.2 Å². The number of rotatable bonds is 10. The molecule has 0 saturated carbocycles. The smallest absolute Gasteiger partial charge is 0.163 e. The molecule has 0 aliphatic rings. The fourth-order valence-corrected chi connectivity index (χ4v) is 3.69. The molecule has 7 heteroatoms. The van der Waals surface area contributed by atoms with Gasteiger partial charge in [-0.2, -0.15) is 0 Å². The van der Waals surface area contributed by atoms with Crippen molar-refractivity contribution in [3.8, 4) is 22.8 Å². The predicted octanol–water partition coefficient (Wildman–Crippen LogP) is 5.36. The normalized spacial score (nSPS) is 13.3. The second-order valence-electron chi connectivity index (χ2n) is 9.35. The molecule has 3 aromatic rings. The van der Waals surface area contributed by atoms with Crippen LogP contribution in [0.25, 0.3) is 11.3 Å². The van der Waals surface area contributed by atoms with Crippen molar-refractivity contribution in [2.24, 2.45) is 5.73 Å². The fourth-order valence-electron chi connectivity index (χ4n) is 3.69. The zero-order valence-electron chi connectivity index (χ0n) is 20.9. The van der Waals surface area contributed by atoms with Gasteiger partial charge in [0.25, 0.3) is 0 Å². The van der Waals surface area contributed by atoms with Gasteiger partial charge in [-0.3, -0.25) is 4.79 Å². The van der Waals surface area contributed by atoms with Crippen molar-refractivity contribution in [1.29, 1.82) is 0 Å². The summed E-state index contributed by atoms with van der Waals surface area (Å²) in [6.07, 6.45) is 0.236. The first kappa shape index (κ1) is 26.3. The number of nitrogens with zero attached hydrogens (tertiary/aromatic N) is 1. The number of Topliss-reactive ketones (excluding diaryl/α,β-unsaturated/α-hetero) is 1. The quantitative estimate of drug-likeness (QED) is 0.380. The van der Waals surface area contributed by atoms with Crippen molar-refractivity contribution in [2.45, 2.75) is 51.7 Å². The van der Waals surface area contributed by atoms with Crippen LogP contribution in [0.3, 0.4) is 0 Å². The van der Waals surface area contributed by atoms with E-state index in [9.17, 15) is 14.3 Å². The first-order chi connectivity index (χ1) is 16.4. The SMILES string of the molecule is CCOc1ccc(C(=O)CCC(C)(O)c2cc(C(C)(C)N)cc(-c3ccc(F)cc3)n2)cc1OC. The number of aromatic nitrogens is 1. The molecular formula is C28H33FN2O4. The summed E-state index contributed by atoms with van der Waals surface area (Å²) in [6.45, 7) is 7.70. The third-order valence-corrected chi connectivity index (χ3v) is 5.89. The minimum absolute atomic E-state index is 0.0912. The molecule has 1 heterocycles. The summed E-state index contributed by atoms with van der Waals surface area (Å²) in [4.78, 5) is 17.6. The average Bonchev–Trinajstić information content (AvgIpc) is 2.82. The van der Waals surface area contributed by atoms with Crippen LogP contribution in [0.15, 0.2) is 54.6 Å². The van der Waals surface area contributed by atoms with Gasteiger partial charge in [-0.25, -0.2) is 9.37 Å². The molecular weight excluding hydrogens is 447 g/mol. The Bertz CT molecular complexity index is 1180. The van der Waals surface area contributed by atoms with Gasteiger partial charge in [0.05, 0.1) is 25.1 Å². The number of aliphatic hydroxyl groups is 1. The lowest BCUT2D eigenvalue weighted by molar-refractivity contribution is 0.0396. The summed E-state index contributed by atoms with van der Waals surface area (Å²) < 4.78 is 24.3. The summed E-state index contributed by atoms with van der Waals surface area (Å²) in [7, 11) is 1.52. The molecule has 0 aliphatic carbocycles. The Hall–Kier alpha value is -3.29. The van der Waals surface area contributed by atoms with Crippen molar-refractivity contribution in [3.63, 3.8) is 0 Å². The largest absolute Gasteiger partial charge is 0.493 e. The van der Waals surface area contributed by atoms with E-state index in [2.05, 4.69) is 4.98 Å². The van der Waals surface area contributed by atoms with Crippen molar-refractivity contribution in [2.75, 3.05) is 13.7 Å². The second kappa shape index (κ2) is 10.5. The topological polar surface area (TPSA) is 94.7 Å². The molecule has 1 aromatic heterocycles. The van der Waals surface area contributed by atoms with Gasteiger partial charge in [0, 0.05) is 23.1 Å². The molecule has 35 heavy (non-hydrogen) atoms. The average molecular weight is 481 g/mol. The minimum Gasteiger partial charge on any atom is -0.493 e. The molecule has 3 rings (SSSR count). The standard InChI is InChI=1S/C28H33FN2O4/c1-6-35-24-12-9-19(15-25(24)34-5)23(32)13-14-28(4,33)26-17-20(27(2,3)30)16-22(31-26)18-7-10-21(29)11-8-18/h7-12,15-17,33H,6,13-14,30H2,1-5H3. The van der Waals surface area contributed by atoms with E-state index < -0.39 is 11.1 Å². The summed E-state index contributed by atoms with van der Waals surface area (Å²) in [6, 6.07) is 14.6. The van der Waals surface area contributed by atoms with E-state index in [0.717, 1.165) is 5.56 Å². The number of ether oxygens (including phenoxy) is 2. The third kappa shape index (κ3) is 6.44. The Labute approximate surface area is 205 Å². The Balaban J connectivity index is 1.87. The number of carbonyl (C=O) groups excluding carboxylic acids is 1. The van der Waals surface area contributed by atoms with Crippen molar-refractivity contribution in [1.82, 2.24) is 4.98 Å². The van der Waals surface area contributed by atoms with E-state index in [1.165, 1.54) is 19.2 Å². The highest BCUT2D eigenvalue weighted by Crippen LogP contribution is 2.33. The maximum Gasteiger partial charge on any atom is 0.163 e. The van der Waals surface area contributed by atoms with Crippen LogP contribution < -0.4 is 15.2 Å². The zero-order valence-corrected chi connectivity index (χ0v) is 20.9. The molecule has 0 radical (unpaired) electrons. The lowest BCUT2D eigenvalue weighted by Crippen LogP contribution is -2.31. The number of pyridine rings is 1. The van der Waals surface area contributed by atoms with E-state index in [1.807, 2.05) is 26.8 Å². The number of methoxy groups -OCH3 is 1. The van der Waals surface area contributed by atoms with Gasteiger partial charge in [0.1, 0.15) is 11.4 Å². The first-order valence-electron chi connectivity index (χ1n) is 11.6. The van der Waals surface area contributed by atoms with E-state index in [1.54, 1.807) is 43.3 Å². The van der Waals surface area contributed by atoms with Crippen LogP contribution in [0.4, 0.5) is 4.39 Å². The Morgan fingerprint density at radius 2 is 1.74 bits per heavy atom. The highest BCUT2D eigenvalue weighted by atomic mass is 19.1. The fraction of sp³-hybridized carbons (Fsp3) is 0.357. The molecule has 1 atom stereocenters. The van der Waals surface area contributed by atoms with Crippen molar-refractivity contribution < 1.29 is 23.8 Å². The highest BCUT2D eigenvalue weighted by Gasteiger charge is 2.29. The number of ketones is 1. The van der Waals surface area contributed by atoms with Crippen LogP contribution in [-0.2, 0) is 11.1 Å². The zero-order chi connectivity index (χ0) is 25.8. The number of benzene rings is 2. The summed E-state index contributed by atoms with van der Waals surface area (Å²) in [5.74, 6) is 0.562. The van der Waals surface area contributed by atoms with Crippen LogP contribution in [0.2, 0.25) is 0 Å². The molecule has 0 aliphatic heterocycles. The maximum absolute atomic E-state index is 13.4. The van der Waals surface area contributed by atoms with Gasteiger partial charge in [0.2, 0.25) is 0 Å². The van der Waals surface area contributed by atoms with Gasteiger partial charge in [-0.1, -0.05) is 0 Å². The van der Waals surface area contributed by atoms with Gasteiger partial charge in [0.15, 0.2) is 17.3 Å². The molecule has 3 N–H and O–H groups in total. The summed E-state index contributed by atoms with van der Waals surface area (Å²) >= 11 is 0. The van der Waals surface area contributed by atoms with Gasteiger partial charge < -0.3 is 20.3 Å². The third-order valence-electron chi connectivity index (χ3n) is 5.89. The molecule has 2 aromatic carbocycles. The van der Waals surface area contributed by atoms with E-state index in [-0.39, 0.29) is 24.4 Å². The van der Waals surface area contributed by atoms with Crippen LogP contribution in [-0.4, -0.2) is 29.6 Å². The second-order valence-corrected chi connectivity index (χ2v) is 9.35. The van der Waals surface area contributed by atoms with E-state index in [0.29, 0.717) is 40.6 Å². The maximum atomic E-state index is 13.4. The Kier molecular flexibility index (Phi) is 7.93. The molecule has 1 unspecified atom stereocenters. The van der Waals surface area contributed by atoms with Gasteiger partial charge in [-0.05, 0) is 94.3 Å². The number of hydrogen-bond acceptors (Lipinski definition) is 6. The van der Waals surface area contributed by atoms with Gasteiger partial charge in [-0.15, -0.1) is 0 Å². The lowest BCUT2D eigenvalue weighted by Gasteiger charge is -2.27. The van der Waals surface area contributed by atoms with Crippen LogP contribution in [0.5, 0.6) is 11.5 Å². The van der Waals surface area contributed by atoms with Gasteiger partial charge >= 0.3 is 0 Å². The van der Waals surface area contributed by atoms with Crippen LogP contribution >= 0.6 is 0 Å². The molecule has 0 bridgehead atoms. The number of hydrogen-bond donors (Lipinski definition) is 2. The minimum atomic E-state index is -1.40. The van der Waals surface area contributed by atoms with E-state index >= 15 is 0 Å².